The lowest BCUT2D eigenvalue weighted by atomic mass is 9.94. The van der Waals surface area contributed by atoms with Crippen LogP contribution in [-0.4, -0.2) is 0 Å². The second-order valence-electron chi connectivity index (χ2n) is 18.5. The highest BCUT2D eigenvalue weighted by atomic mass is 14.5. The molecule has 0 atom stereocenters. The summed E-state index contributed by atoms with van der Waals surface area (Å²) in [6, 6.07) is 32.0. The predicted molar refractivity (Wildman–Crippen MR) is 266 cm³/mol. The number of rotatable bonds is 35. The SMILES string of the molecule is CCCCCCCc1cc(N)ccc1Cc1ccc(CCCCCCCCCCCCCCCCCCc2ccc(Cc3ccc(N)cc3CCCCCCC)cc2)cc1. The van der Waals surface area contributed by atoms with Crippen LogP contribution in [0.1, 0.15) is 225 Å². The Morgan fingerprint density at radius 1 is 0.267 bits per heavy atom. The van der Waals surface area contributed by atoms with Crippen LogP contribution >= 0.6 is 0 Å². The van der Waals surface area contributed by atoms with Crippen molar-refractivity contribution in [1.29, 1.82) is 0 Å². The van der Waals surface area contributed by atoms with Gasteiger partial charge in [0.15, 0.2) is 0 Å². The Kier molecular flexibility index (Phi) is 25.7. The molecule has 4 aromatic carbocycles. The number of hydrogen-bond acceptors (Lipinski definition) is 2. The Morgan fingerprint density at radius 3 is 0.850 bits per heavy atom. The molecule has 0 aliphatic heterocycles. The Morgan fingerprint density at radius 2 is 0.533 bits per heavy atom. The van der Waals surface area contributed by atoms with Crippen molar-refractivity contribution in [2.75, 3.05) is 11.5 Å². The summed E-state index contributed by atoms with van der Waals surface area (Å²) in [7, 11) is 0. The molecule has 0 unspecified atom stereocenters. The van der Waals surface area contributed by atoms with Gasteiger partial charge < -0.3 is 11.5 Å². The molecular formula is C58H88N2. The molecule has 0 bridgehead atoms. The van der Waals surface area contributed by atoms with Gasteiger partial charge in [-0.2, -0.15) is 0 Å². The number of unbranched alkanes of at least 4 members (excludes halogenated alkanes) is 23. The van der Waals surface area contributed by atoms with Gasteiger partial charge in [0.1, 0.15) is 0 Å². The van der Waals surface area contributed by atoms with E-state index < -0.39 is 0 Å². The molecule has 4 rings (SSSR count). The normalized spacial score (nSPS) is 11.4. The molecule has 0 amide bonds. The second kappa shape index (κ2) is 31.3. The second-order valence-corrected chi connectivity index (χ2v) is 18.5. The molecule has 0 radical (unpaired) electrons. The number of nitrogens with two attached hydrogens (primary N) is 2. The Bertz CT molecular complexity index is 1530. The fraction of sp³-hybridized carbons (Fsp3) is 0.586. The van der Waals surface area contributed by atoms with Crippen LogP contribution in [0.25, 0.3) is 0 Å². The summed E-state index contributed by atoms with van der Waals surface area (Å²) in [6.45, 7) is 4.57. The summed E-state index contributed by atoms with van der Waals surface area (Å²) in [5.74, 6) is 0. The van der Waals surface area contributed by atoms with Gasteiger partial charge >= 0.3 is 0 Å². The zero-order chi connectivity index (χ0) is 42.3. The van der Waals surface area contributed by atoms with Crippen LogP contribution in [0.4, 0.5) is 11.4 Å². The van der Waals surface area contributed by atoms with E-state index in [0.717, 1.165) is 37.1 Å². The molecule has 330 valence electrons. The Hall–Kier alpha value is -3.52. The number of benzene rings is 4. The number of anilines is 2. The third-order valence-corrected chi connectivity index (χ3v) is 13.1. The first-order valence-electron chi connectivity index (χ1n) is 25.4. The molecule has 2 nitrogen and oxygen atoms in total. The average Bonchev–Trinajstić information content (AvgIpc) is 3.26. The highest BCUT2D eigenvalue weighted by Crippen LogP contribution is 2.24. The standard InChI is InChI=1S/C58H88N2/c1-3-5-7-21-27-31-53-47-57(59)43-41-55(53)45-51-37-33-49(34-38-51)29-25-23-19-17-15-13-11-9-10-12-14-16-18-20-24-26-30-50-35-39-52(40-36-50)46-56-42-44-58(60)48-54(56)32-28-22-8-6-4-2/h33-44,47-48H,3-32,45-46,59-60H2,1-2H3. The quantitative estimate of drug-likeness (QED) is 0.0359. The molecule has 0 aliphatic rings. The van der Waals surface area contributed by atoms with Gasteiger partial charge in [-0.1, -0.05) is 216 Å². The van der Waals surface area contributed by atoms with Gasteiger partial charge in [-0.25, -0.2) is 0 Å². The van der Waals surface area contributed by atoms with Crippen LogP contribution in [0, 0.1) is 0 Å². The predicted octanol–water partition coefficient (Wildman–Crippen LogP) is 17.1. The lowest BCUT2D eigenvalue weighted by molar-refractivity contribution is 0.528. The van der Waals surface area contributed by atoms with E-state index in [-0.39, 0.29) is 0 Å². The molecule has 0 saturated heterocycles. The van der Waals surface area contributed by atoms with Crippen molar-refractivity contribution in [3.63, 3.8) is 0 Å². The molecule has 4 N–H and O–H groups in total. The van der Waals surface area contributed by atoms with Crippen LogP contribution in [0.5, 0.6) is 0 Å². The van der Waals surface area contributed by atoms with Crippen LogP contribution in [0.15, 0.2) is 84.9 Å². The maximum atomic E-state index is 6.16. The number of aryl methyl sites for hydroxylation is 4. The van der Waals surface area contributed by atoms with E-state index >= 15 is 0 Å². The highest BCUT2D eigenvalue weighted by Gasteiger charge is 2.08. The lowest BCUT2D eigenvalue weighted by Crippen LogP contribution is -1.99. The Balaban J connectivity index is 0.926. The van der Waals surface area contributed by atoms with Gasteiger partial charge in [0.25, 0.3) is 0 Å². The van der Waals surface area contributed by atoms with Crippen molar-refractivity contribution in [1.82, 2.24) is 0 Å². The van der Waals surface area contributed by atoms with Crippen molar-refractivity contribution < 1.29 is 0 Å². The average molecular weight is 813 g/mol. The van der Waals surface area contributed by atoms with Crippen molar-refractivity contribution in [3.8, 4) is 0 Å². The van der Waals surface area contributed by atoms with Crippen LogP contribution in [0.3, 0.4) is 0 Å². The molecular weight excluding hydrogens is 725 g/mol. The first kappa shape index (κ1) is 49.1. The van der Waals surface area contributed by atoms with Gasteiger partial charge in [0.2, 0.25) is 0 Å². The zero-order valence-corrected chi connectivity index (χ0v) is 38.9. The fourth-order valence-electron chi connectivity index (χ4n) is 9.16. The third kappa shape index (κ3) is 21.3. The minimum Gasteiger partial charge on any atom is -0.399 e. The van der Waals surface area contributed by atoms with Crippen molar-refractivity contribution in [3.05, 3.63) is 129 Å². The summed E-state index contributed by atoms with van der Waals surface area (Å²) in [5, 5.41) is 0. The minimum absolute atomic E-state index is 0.897. The number of nitrogen functional groups attached to an aromatic ring is 2. The van der Waals surface area contributed by atoms with E-state index in [4.69, 9.17) is 11.5 Å². The summed E-state index contributed by atoms with van der Waals surface area (Å²) >= 11 is 0. The van der Waals surface area contributed by atoms with E-state index in [2.05, 4.69) is 98.8 Å². The Labute approximate surface area is 370 Å². The van der Waals surface area contributed by atoms with Crippen molar-refractivity contribution in [2.24, 2.45) is 0 Å². The largest absolute Gasteiger partial charge is 0.399 e. The fourth-order valence-corrected chi connectivity index (χ4v) is 9.16. The first-order valence-corrected chi connectivity index (χ1v) is 25.4. The topological polar surface area (TPSA) is 52.0 Å². The van der Waals surface area contributed by atoms with E-state index in [1.54, 1.807) is 0 Å². The summed E-state index contributed by atoms with van der Waals surface area (Å²) in [5.41, 5.74) is 25.7. The van der Waals surface area contributed by atoms with E-state index in [1.807, 2.05) is 0 Å². The monoisotopic (exact) mass is 813 g/mol. The van der Waals surface area contributed by atoms with Gasteiger partial charge in [0, 0.05) is 11.4 Å². The molecule has 0 saturated carbocycles. The molecule has 0 aromatic heterocycles. The van der Waals surface area contributed by atoms with Gasteiger partial charge in [0.05, 0.1) is 0 Å². The zero-order valence-electron chi connectivity index (χ0n) is 38.9. The smallest absolute Gasteiger partial charge is 0.0316 e. The van der Waals surface area contributed by atoms with E-state index in [9.17, 15) is 0 Å². The van der Waals surface area contributed by atoms with Gasteiger partial charge in [-0.15, -0.1) is 0 Å². The lowest BCUT2D eigenvalue weighted by Gasteiger charge is -2.12. The van der Waals surface area contributed by atoms with Crippen LogP contribution < -0.4 is 11.5 Å². The number of hydrogen-bond donors (Lipinski definition) is 2. The van der Waals surface area contributed by atoms with E-state index in [1.165, 1.54) is 224 Å². The van der Waals surface area contributed by atoms with Crippen LogP contribution in [-0.2, 0) is 38.5 Å². The van der Waals surface area contributed by atoms with Crippen molar-refractivity contribution in [2.45, 2.75) is 219 Å². The van der Waals surface area contributed by atoms with E-state index in [0.29, 0.717) is 0 Å². The summed E-state index contributed by atoms with van der Waals surface area (Å²) in [6.07, 6.45) is 42.4. The van der Waals surface area contributed by atoms with Gasteiger partial charge in [-0.05, 0) is 133 Å². The summed E-state index contributed by atoms with van der Waals surface area (Å²) in [4.78, 5) is 0. The third-order valence-electron chi connectivity index (χ3n) is 13.1. The molecule has 0 aliphatic carbocycles. The minimum atomic E-state index is 0.897. The molecule has 60 heavy (non-hydrogen) atoms. The molecule has 0 heterocycles. The molecule has 0 fully saturated rings. The molecule has 0 spiro atoms. The maximum absolute atomic E-state index is 6.16. The maximum Gasteiger partial charge on any atom is 0.0316 e. The highest BCUT2D eigenvalue weighted by molar-refractivity contribution is 5.47. The van der Waals surface area contributed by atoms with Crippen molar-refractivity contribution >= 4 is 11.4 Å². The van der Waals surface area contributed by atoms with Gasteiger partial charge in [-0.3, -0.25) is 0 Å². The molecule has 4 aromatic rings. The molecule has 2 heteroatoms. The van der Waals surface area contributed by atoms with Crippen LogP contribution in [0.2, 0.25) is 0 Å². The first-order chi connectivity index (χ1) is 29.5. The summed E-state index contributed by atoms with van der Waals surface area (Å²) < 4.78 is 0.